The zero-order valence-corrected chi connectivity index (χ0v) is 9.55. The van der Waals surface area contributed by atoms with Gasteiger partial charge in [-0.1, -0.05) is 12.1 Å². The van der Waals surface area contributed by atoms with Gasteiger partial charge in [-0.2, -0.15) is 0 Å². The Morgan fingerprint density at radius 1 is 1.06 bits per heavy atom. The first-order valence-corrected chi connectivity index (χ1v) is 5.63. The Kier molecular flexibility index (Phi) is 2.57. The monoisotopic (exact) mass is 242 g/mol. The van der Waals surface area contributed by atoms with Crippen molar-refractivity contribution in [1.29, 1.82) is 0 Å². The third kappa shape index (κ3) is 1.67. The maximum absolute atomic E-state index is 13.0. The molecule has 3 nitrogen and oxygen atoms in total. The molecule has 3 aromatic rings. The van der Waals surface area contributed by atoms with Crippen LogP contribution in [0.4, 0.5) is 4.39 Å². The molecular weight excluding hydrogens is 231 g/mol. The third-order valence-corrected chi connectivity index (χ3v) is 2.86. The molecule has 0 spiro atoms. The van der Waals surface area contributed by atoms with Gasteiger partial charge in [0.25, 0.3) is 0 Å². The fourth-order valence-corrected chi connectivity index (χ4v) is 2.06. The molecule has 0 bridgehead atoms. The summed E-state index contributed by atoms with van der Waals surface area (Å²) < 4.78 is 14.8. The molecule has 0 fully saturated rings. The average Bonchev–Trinajstić information content (AvgIpc) is 2.78. The fraction of sp³-hybridized carbons (Fsp3) is 0.0714. The lowest BCUT2D eigenvalue weighted by molar-refractivity contribution is 0.270. The average molecular weight is 242 g/mol. The first kappa shape index (κ1) is 10.9. The smallest absolute Gasteiger partial charge is 0.140 e. The number of halogens is 1. The van der Waals surface area contributed by atoms with Crippen LogP contribution in [0.2, 0.25) is 0 Å². The second-order valence-electron chi connectivity index (χ2n) is 3.99. The van der Waals surface area contributed by atoms with E-state index in [1.54, 1.807) is 12.1 Å². The first-order valence-electron chi connectivity index (χ1n) is 5.63. The number of benzene rings is 2. The van der Waals surface area contributed by atoms with E-state index >= 15 is 0 Å². The SMILES string of the molecule is OCc1nc2ccccc2n1-c1ccc(F)cc1. The number of nitrogens with zero attached hydrogens (tertiary/aromatic N) is 2. The molecule has 2 aromatic carbocycles. The molecular formula is C14H11FN2O. The van der Waals surface area contributed by atoms with Gasteiger partial charge in [0.1, 0.15) is 18.2 Å². The van der Waals surface area contributed by atoms with Crippen molar-refractivity contribution in [1.82, 2.24) is 9.55 Å². The minimum Gasteiger partial charge on any atom is -0.388 e. The summed E-state index contributed by atoms with van der Waals surface area (Å²) in [5.41, 5.74) is 2.49. The van der Waals surface area contributed by atoms with Crippen molar-refractivity contribution in [2.24, 2.45) is 0 Å². The van der Waals surface area contributed by atoms with E-state index in [1.807, 2.05) is 28.8 Å². The topological polar surface area (TPSA) is 38.1 Å². The van der Waals surface area contributed by atoms with Crippen LogP contribution in [0, 0.1) is 5.82 Å². The van der Waals surface area contributed by atoms with Gasteiger partial charge in [-0.3, -0.25) is 4.57 Å². The van der Waals surface area contributed by atoms with Crippen molar-refractivity contribution in [3.05, 3.63) is 60.2 Å². The van der Waals surface area contributed by atoms with Gasteiger partial charge >= 0.3 is 0 Å². The van der Waals surface area contributed by atoms with Gasteiger partial charge < -0.3 is 5.11 Å². The highest BCUT2D eigenvalue weighted by Crippen LogP contribution is 2.21. The molecule has 3 rings (SSSR count). The van der Waals surface area contributed by atoms with Crippen molar-refractivity contribution in [3.8, 4) is 5.69 Å². The van der Waals surface area contributed by atoms with Gasteiger partial charge in [-0.05, 0) is 36.4 Å². The molecule has 18 heavy (non-hydrogen) atoms. The predicted molar refractivity (Wildman–Crippen MR) is 67.0 cm³/mol. The number of aromatic nitrogens is 2. The summed E-state index contributed by atoms with van der Waals surface area (Å²) in [7, 11) is 0. The van der Waals surface area contributed by atoms with Crippen molar-refractivity contribution in [2.75, 3.05) is 0 Å². The van der Waals surface area contributed by atoms with E-state index in [0.29, 0.717) is 5.82 Å². The molecule has 4 heteroatoms. The lowest BCUT2D eigenvalue weighted by Crippen LogP contribution is -2.00. The second kappa shape index (κ2) is 4.23. The molecule has 0 unspecified atom stereocenters. The maximum atomic E-state index is 13.0. The third-order valence-electron chi connectivity index (χ3n) is 2.86. The normalized spacial score (nSPS) is 11.0. The van der Waals surface area contributed by atoms with Gasteiger partial charge in [0.05, 0.1) is 11.0 Å². The van der Waals surface area contributed by atoms with Gasteiger partial charge in [-0.25, -0.2) is 9.37 Å². The van der Waals surface area contributed by atoms with E-state index in [0.717, 1.165) is 16.7 Å². The Morgan fingerprint density at radius 2 is 1.78 bits per heavy atom. The van der Waals surface area contributed by atoms with Crippen LogP contribution >= 0.6 is 0 Å². The Bertz CT molecular complexity index is 689. The molecule has 0 saturated heterocycles. The number of fused-ring (bicyclic) bond motifs is 1. The highest BCUT2D eigenvalue weighted by atomic mass is 19.1. The molecule has 0 amide bonds. The number of imidazole rings is 1. The molecule has 0 aliphatic heterocycles. The summed E-state index contributed by atoms with van der Waals surface area (Å²) in [4.78, 5) is 4.35. The number of aliphatic hydroxyl groups is 1. The van der Waals surface area contributed by atoms with E-state index in [2.05, 4.69) is 4.98 Å². The molecule has 0 aliphatic carbocycles. The van der Waals surface area contributed by atoms with E-state index in [-0.39, 0.29) is 12.4 Å². The van der Waals surface area contributed by atoms with E-state index in [4.69, 9.17) is 0 Å². The van der Waals surface area contributed by atoms with Crippen molar-refractivity contribution in [3.63, 3.8) is 0 Å². The minimum absolute atomic E-state index is 0.161. The lowest BCUT2D eigenvalue weighted by atomic mass is 10.2. The first-order chi connectivity index (χ1) is 8.79. The summed E-state index contributed by atoms with van der Waals surface area (Å²) in [5, 5.41) is 9.38. The van der Waals surface area contributed by atoms with Gasteiger partial charge in [0, 0.05) is 5.69 Å². The Labute approximate surface area is 103 Å². The number of hydrogen-bond acceptors (Lipinski definition) is 2. The summed E-state index contributed by atoms with van der Waals surface area (Å²) in [6, 6.07) is 13.7. The highest BCUT2D eigenvalue weighted by Gasteiger charge is 2.10. The van der Waals surface area contributed by atoms with Crippen LogP contribution in [0.1, 0.15) is 5.82 Å². The molecule has 0 radical (unpaired) electrons. The number of para-hydroxylation sites is 2. The van der Waals surface area contributed by atoms with E-state index in [9.17, 15) is 9.50 Å². The Balaban J connectivity index is 2.29. The Morgan fingerprint density at radius 3 is 2.50 bits per heavy atom. The van der Waals surface area contributed by atoms with Crippen LogP contribution in [-0.2, 0) is 6.61 Å². The molecule has 0 saturated carbocycles. The van der Waals surface area contributed by atoms with Crippen LogP contribution in [0.3, 0.4) is 0 Å². The summed E-state index contributed by atoms with van der Waals surface area (Å²) in [6.07, 6.45) is 0. The molecule has 0 aliphatic rings. The van der Waals surface area contributed by atoms with Gasteiger partial charge in [0.2, 0.25) is 0 Å². The molecule has 90 valence electrons. The molecule has 1 aromatic heterocycles. The Hall–Kier alpha value is -2.20. The lowest BCUT2D eigenvalue weighted by Gasteiger charge is -2.07. The molecule has 1 N–H and O–H groups in total. The quantitative estimate of drug-likeness (QED) is 0.750. The van der Waals surface area contributed by atoms with Crippen molar-refractivity contribution < 1.29 is 9.50 Å². The summed E-state index contributed by atoms with van der Waals surface area (Å²) in [6.45, 7) is -0.161. The van der Waals surface area contributed by atoms with Crippen molar-refractivity contribution in [2.45, 2.75) is 6.61 Å². The fourth-order valence-electron chi connectivity index (χ4n) is 2.06. The molecule has 1 heterocycles. The van der Waals surface area contributed by atoms with Gasteiger partial charge in [0.15, 0.2) is 0 Å². The van der Waals surface area contributed by atoms with Crippen LogP contribution in [0.15, 0.2) is 48.5 Å². The zero-order chi connectivity index (χ0) is 12.5. The minimum atomic E-state index is -0.284. The second-order valence-corrected chi connectivity index (χ2v) is 3.99. The predicted octanol–water partition coefficient (Wildman–Crippen LogP) is 2.66. The number of hydrogen-bond donors (Lipinski definition) is 1. The van der Waals surface area contributed by atoms with Crippen molar-refractivity contribution >= 4 is 11.0 Å². The van der Waals surface area contributed by atoms with Crippen LogP contribution in [0.25, 0.3) is 16.7 Å². The summed E-state index contributed by atoms with van der Waals surface area (Å²) >= 11 is 0. The maximum Gasteiger partial charge on any atom is 0.140 e. The molecule has 0 atom stereocenters. The largest absolute Gasteiger partial charge is 0.388 e. The zero-order valence-electron chi connectivity index (χ0n) is 9.55. The van der Waals surface area contributed by atoms with E-state index < -0.39 is 0 Å². The summed E-state index contributed by atoms with van der Waals surface area (Å²) in [5.74, 6) is 0.261. The highest BCUT2D eigenvalue weighted by molar-refractivity contribution is 5.78. The standard InChI is InChI=1S/C14H11FN2O/c15-10-5-7-11(8-6-10)17-13-4-2-1-3-12(13)16-14(17)9-18/h1-8,18H,9H2. The van der Waals surface area contributed by atoms with Crippen LogP contribution < -0.4 is 0 Å². The van der Waals surface area contributed by atoms with Crippen LogP contribution in [0.5, 0.6) is 0 Å². The number of aliphatic hydroxyl groups excluding tert-OH is 1. The van der Waals surface area contributed by atoms with Gasteiger partial charge in [-0.15, -0.1) is 0 Å². The van der Waals surface area contributed by atoms with Crippen LogP contribution in [-0.4, -0.2) is 14.7 Å². The number of rotatable bonds is 2. The van der Waals surface area contributed by atoms with E-state index in [1.165, 1.54) is 12.1 Å².